The van der Waals surface area contributed by atoms with Crippen molar-refractivity contribution in [2.24, 2.45) is 0 Å². The molecule has 1 fully saturated rings. The van der Waals surface area contributed by atoms with E-state index in [4.69, 9.17) is 4.74 Å². The fraction of sp³-hybridized carbons (Fsp3) is 0.348. The zero-order chi connectivity index (χ0) is 23.2. The van der Waals surface area contributed by atoms with E-state index in [2.05, 4.69) is 13.7 Å². The molecule has 1 saturated heterocycles. The summed E-state index contributed by atoms with van der Waals surface area (Å²) >= 11 is 0.983. The van der Waals surface area contributed by atoms with Crippen LogP contribution in [0.15, 0.2) is 46.1 Å². The molecule has 0 aliphatic carbocycles. The van der Waals surface area contributed by atoms with Crippen LogP contribution in [0.5, 0.6) is 0 Å². The van der Waals surface area contributed by atoms with Crippen molar-refractivity contribution in [3.05, 3.63) is 63.4 Å². The van der Waals surface area contributed by atoms with Crippen molar-refractivity contribution >= 4 is 43.7 Å². The van der Waals surface area contributed by atoms with E-state index in [0.29, 0.717) is 28.8 Å². The number of nitrogens with zero attached hydrogens (tertiary/aromatic N) is 3. The number of para-hydroxylation sites is 1. The number of aromatic nitrogens is 3. The third-order valence-electron chi connectivity index (χ3n) is 6.12. The SMILES string of the molecule is Cc1ccc2nsnc2c1S(=O)(=O)N(Cc1cc2cccc(C)c2[nH]c1=O)C[C@H]1CCCO1. The van der Waals surface area contributed by atoms with Gasteiger partial charge in [-0.15, -0.1) is 0 Å². The number of aromatic amines is 1. The fourth-order valence-corrected chi connectivity index (χ4v) is 6.78. The normalized spacial score (nSPS) is 16.9. The molecule has 1 atom stereocenters. The first-order valence-corrected chi connectivity index (χ1v) is 13.0. The highest BCUT2D eigenvalue weighted by Gasteiger charge is 2.33. The summed E-state index contributed by atoms with van der Waals surface area (Å²) in [7, 11) is -3.99. The summed E-state index contributed by atoms with van der Waals surface area (Å²) < 4.78 is 43.5. The monoisotopic (exact) mass is 484 g/mol. The van der Waals surface area contributed by atoms with Gasteiger partial charge in [0.1, 0.15) is 15.9 Å². The third-order valence-corrected chi connectivity index (χ3v) is 8.65. The van der Waals surface area contributed by atoms with Gasteiger partial charge >= 0.3 is 0 Å². The lowest BCUT2D eigenvalue weighted by molar-refractivity contribution is 0.0925. The van der Waals surface area contributed by atoms with Gasteiger partial charge in [-0.25, -0.2) is 8.42 Å². The van der Waals surface area contributed by atoms with Gasteiger partial charge < -0.3 is 9.72 Å². The smallest absolute Gasteiger partial charge is 0.252 e. The molecule has 0 radical (unpaired) electrons. The molecule has 4 aromatic rings. The first-order chi connectivity index (χ1) is 15.8. The Morgan fingerprint density at radius 2 is 2.03 bits per heavy atom. The second-order valence-corrected chi connectivity index (χ2v) is 10.8. The maximum Gasteiger partial charge on any atom is 0.252 e. The van der Waals surface area contributed by atoms with Gasteiger partial charge in [0.15, 0.2) is 0 Å². The highest BCUT2D eigenvalue weighted by atomic mass is 32.2. The van der Waals surface area contributed by atoms with Crippen LogP contribution >= 0.6 is 11.7 Å². The van der Waals surface area contributed by atoms with Gasteiger partial charge in [-0.1, -0.05) is 24.3 Å². The summed E-state index contributed by atoms with van der Waals surface area (Å²) in [4.78, 5) is 16.0. The van der Waals surface area contributed by atoms with E-state index in [1.165, 1.54) is 4.31 Å². The lowest BCUT2D eigenvalue weighted by Gasteiger charge is -2.25. The minimum absolute atomic E-state index is 0.0607. The van der Waals surface area contributed by atoms with Gasteiger partial charge in [-0.2, -0.15) is 13.1 Å². The molecule has 1 N–H and O–H groups in total. The standard InChI is InChI=1S/C23H24N4O4S2/c1-14-5-3-6-16-11-17(23(28)24-20(14)16)12-27(13-18-7-4-10-31-18)33(29,30)22-15(2)8-9-19-21(22)26-32-25-19/h3,5-6,8-9,11,18H,4,7,10,12-13H2,1-2H3,(H,24,28)/t18-/m1/s1. The van der Waals surface area contributed by atoms with Crippen molar-refractivity contribution in [3.63, 3.8) is 0 Å². The Morgan fingerprint density at radius 3 is 2.82 bits per heavy atom. The van der Waals surface area contributed by atoms with E-state index in [9.17, 15) is 13.2 Å². The number of fused-ring (bicyclic) bond motifs is 2. The van der Waals surface area contributed by atoms with Gasteiger partial charge in [-0.05, 0) is 55.3 Å². The number of pyridine rings is 1. The van der Waals surface area contributed by atoms with Gasteiger partial charge in [0.05, 0.1) is 23.3 Å². The Balaban J connectivity index is 1.61. The van der Waals surface area contributed by atoms with Gasteiger partial charge in [0, 0.05) is 25.3 Å². The van der Waals surface area contributed by atoms with Crippen LogP contribution in [0.4, 0.5) is 0 Å². The van der Waals surface area contributed by atoms with Crippen molar-refractivity contribution in [2.75, 3.05) is 13.2 Å². The van der Waals surface area contributed by atoms with Crippen molar-refractivity contribution in [1.29, 1.82) is 0 Å². The van der Waals surface area contributed by atoms with Crippen molar-refractivity contribution < 1.29 is 13.2 Å². The van der Waals surface area contributed by atoms with E-state index in [-0.39, 0.29) is 29.6 Å². The van der Waals surface area contributed by atoms with Gasteiger partial charge in [0.25, 0.3) is 5.56 Å². The van der Waals surface area contributed by atoms with E-state index in [0.717, 1.165) is 41.0 Å². The second kappa shape index (κ2) is 8.60. The molecule has 0 bridgehead atoms. The molecule has 172 valence electrons. The maximum atomic E-state index is 14.0. The molecule has 1 aliphatic rings. The Labute approximate surface area is 195 Å². The molecule has 0 saturated carbocycles. The van der Waals surface area contributed by atoms with Crippen LogP contribution in [0.1, 0.15) is 29.5 Å². The highest BCUT2D eigenvalue weighted by molar-refractivity contribution is 7.89. The molecule has 8 nitrogen and oxygen atoms in total. The van der Waals surface area contributed by atoms with Crippen LogP contribution in [-0.4, -0.2) is 45.7 Å². The molecular weight excluding hydrogens is 460 g/mol. The number of ether oxygens (including phenoxy) is 1. The molecular formula is C23H24N4O4S2. The summed E-state index contributed by atoms with van der Waals surface area (Å²) in [5, 5.41) is 0.862. The lowest BCUT2D eigenvalue weighted by atomic mass is 10.1. The summed E-state index contributed by atoms with van der Waals surface area (Å²) in [5.41, 5.74) is 3.30. The minimum Gasteiger partial charge on any atom is -0.377 e. The van der Waals surface area contributed by atoms with E-state index < -0.39 is 10.0 Å². The summed E-state index contributed by atoms with van der Waals surface area (Å²) in [6.07, 6.45) is 1.45. The topological polar surface area (TPSA) is 105 Å². The lowest BCUT2D eigenvalue weighted by Crippen LogP contribution is -2.38. The maximum absolute atomic E-state index is 14.0. The Kier molecular flexibility index (Phi) is 5.77. The molecule has 0 unspecified atom stereocenters. The largest absolute Gasteiger partial charge is 0.377 e. The van der Waals surface area contributed by atoms with E-state index in [1.807, 2.05) is 25.1 Å². The highest BCUT2D eigenvalue weighted by Crippen LogP contribution is 2.30. The number of sulfonamides is 1. The fourth-order valence-electron chi connectivity index (χ4n) is 4.38. The summed E-state index contributed by atoms with van der Waals surface area (Å²) in [6, 6.07) is 11.0. The average molecular weight is 485 g/mol. The van der Waals surface area contributed by atoms with Crippen LogP contribution < -0.4 is 5.56 Å². The Hall–Kier alpha value is -2.66. The van der Waals surface area contributed by atoms with Crippen molar-refractivity contribution in [3.8, 4) is 0 Å². The molecule has 33 heavy (non-hydrogen) atoms. The van der Waals surface area contributed by atoms with Crippen LogP contribution in [0, 0.1) is 13.8 Å². The number of nitrogens with one attached hydrogen (secondary N) is 1. The first kappa shape index (κ1) is 22.1. The van der Waals surface area contributed by atoms with E-state index in [1.54, 1.807) is 25.1 Å². The predicted molar refractivity (Wildman–Crippen MR) is 128 cm³/mol. The zero-order valence-corrected chi connectivity index (χ0v) is 20.0. The Morgan fingerprint density at radius 1 is 1.18 bits per heavy atom. The molecule has 0 amide bonds. The van der Waals surface area contributed by atoms with Crippen molar-refractivity contribution in [1.82, 2.24) is 18.0 Å². The minimum atomic E-state index is -3.99. The average Bonchev–Trinajstić information content (AvgIpc) is 3.46. The molecule has 3 heterocycles. The molecule has 5 rings (SSSR count). The number of benzene rings is 2. The zero-order valence-electron chi connectivity index (χ0n) is 18.4. The number of aryl methyl sites for hydroxylation is 2. The van der Waals surface area contributed by atoms with E-state index >= 15 is 0 Å². The van der Waals surface area contributed by atoms with Crippen LogP contribution in [-0.2, 0) is 21.3 Å². The molecule has 0 spiro atoms. The van der Waals surface area contributed by atoms with Crippen LogP contribution in [0.2, 0.25) is 0 Å². The van der Waals surface area contributed by atoms with Crippen LogP contribution in [0.3, 0.4) is 0 Å². The molecule has 2 aromatic carbocycles. The number of hydrogen-bond donors (Lipinski definition) is 1. The molecule has 10 heteroatoms. The summed E-state index contributed by atoms with van der Waals surface area (Å²) in [5.74, 6) is 0. The van der Waals surface area contributed by atoms with Gasteiger partial charge in [-0.3, -0.25) is 4.79 Å². The molecule has 2 aromatic heterocycles. The Bertz CT molecular complexity index is 1500. The van der Waals surface area contributed by atoms with Gasteiger partial charge in [0.2, 0.25) is 10.0 Å². The first-order valence-electron chi connectivity index (χ1n) is 10.8. The predicted octanol–water partition coefficient (Wildman–Crippen LogP) is 3.52. The van der Waals surface area contributed by atoms with Crippen molar-refractivity contribution in [2.45, 2.75) is 44.2 Å². The molecule has 1 aliphatic heterocycles. The quantitative estimate of drug-likeness (QED) is 0.449. The second-order valence-electron chi connectivity index (χ2n) is 8.44. The number of rotatable bonds is 6. The number of hydrogen-bond acceptors (Lipinski definition) is 7. The van der Waals surface area contributed by atoms with Crippen LogP contribution in [0.25, 0.3) is 21.9 Å². The number of H-pyrrole nitrogens is 1. The third kappa shape index (κ3) is 4.08. The summed E-state index contributed by atoms with van der Waals surface area (Å²) in [6.45, 7) is 4.40.